The number of nitrogens with zero attached hydrogens (tertiary/aromatic N) is 2. The standard InChI is InChI=1S/C21H20BN5O3/c1-3-19(28)24-15-5-4-6-16(9-15)25-20-13(2)11-23-21(27-20)26-17-8-7-14-12-30-22(29)18(14)10-17/h3-11,29H,1,12H2,2H3,(H,24,28)(H2,23,25,26,27). The molecule has 4 rings (SSSR count). The molecule has 0 spiro atoms. The van der Waals surface area contributed by atoms with Crippen molar-refractivity contribution >= 4 is 47.3 Å². The number of nitrogens with one attached hydrogen (secondary N) is 3. The fourth-order valence-corrected chi connectivity index (χ4v) is 3.06. The van der Waals surface area contributed by atoms with Gasteiger partial charge in [0.1, 0.15) is 5.82 Å². The summed E-state index contributed by atoms with van der Waals surface area (Å²) in [5.41, 5.74) is 4.73. The van der Waals surface area contributed by atoms with Gasteiger partial charge in [0.15, 0.2) is 0 Å². The lowest BCUT2D eigenvalue weighted by molar-refractivity contribution is -0.111. The lowest BCUT2D eigenvalue weighted by atomic mass is 9.79. The van der Waals surface area contributed by atoms with E-state index in [0.717, 1.165) is 28.0 Å². The Bertz CT molecular complexity index is 1120. The number of rotatable bonds is 6. The van der Waals surface area contributed by atoms with Gasteiger partial charge in [0.05, 0.1) is 6.61 Å². The normalized spacial score (nSPS) is 12.3. The molecule has 0 fully saturated rings. The minimum Gasteiger partial charge on any atom is -0.423 e. The average molecular weight is 401 g/mol. The summed E-state index contributed by atoms with van der Waals surface area (Å²) in [6, 6.07) is 12.9. The topological polar surface area (TPSA) is 108 Å². The molecule has 0 saturated carbocycles. The van der Waals surface area contributed by atoms with Gasteiger partial charge in [-0.15, -0.1) is 0 Å². The minimum absolute atomic E-state index is 0.276. The first-order chi connectivity index (χ1) is 14.5. The van der Waals surface area contributed by atoms with Gasteiger partial charge in [-0.05, 0) is 54.4 Å². The Morgan fingerprint density at radius 1 is 1.20 bits per heavy atom. The summed E-state index contributed by atoms with van der Waals surface area (Å²) in [5, 5.41) is 19.0. The number of anilines is 5. The van der Waals surface area contributed by atoms with Crippen LogP contribution in [0.5, 0.6) is 0 Å². The van der Waals surface area contributed by atoms with Crippen molar-refractivity contribution in [1.29, 1.82) is 0 Å². The largest absolute Gasteiger partial charge is 0.491 e. The Hall–Kier alpha value is -3.69. The SMILES string of the molecule is C=CC(=O)Nc1cccc(Nc2nc(Nc3ccc4c(c3)B(O)OC4)ncc2C)c1. The zero-order valence-corrected chi connectivity index (χ0v) is 16.3. The second kappa shape index (κ2) is 8.36. The van der Waals surface area contributed by atoms with Gasteiger partial charge in [0.25, 0.3) is 0 Å². The number of carbonyl (C=O) groups is 1. The first-order valence-electron chi connectivity index (χ1n) is 9.35. The number of aryl methyl sites for hydroxylation is 1. The summed E-state index contributed by atoms with van der Waals surface area (Å²) < 4.78 is 5.23. The molecule has 0 aliphatic carbocycles. The van der Waals surface area contributed by atoms with E-state index in [1.165, 1.54) is 6.08 Å². The van der Waals surface area contributed by atoms with Gasteiger partial charge in [-0.3, -0.25) is 4.79 Å². The number of benzene rings is 2. The van der Waals surface area contributed by atoms with Crippen molar-refractivity contribution in [3.63, 3.8) is 0 Å². The van der Waals surface area contributed by atoms with E-state index in [0.29, 0.717) is 24.1 Å². The monoisotopic (exact) mass is 401 g/mol. The molecular weight excluding hydrogens is 381 g/mol. The number of hydrogen-bond donors (Lipinski definition) is 4. The van der Waals surface area contributed by atoms with Crippen LogP contribution in [0.1, 0.15) is 11.1 Å². The third kappa shape index (κ3) is 4.32. The molecule has 0 atom stereocenters. The van der Waals surface area contributed by atoms with E-state index in [9.17, 15) is 9.82 Å². The van der Waals surface area contributed by atoms with Crippen LogP contribution in [0.4, 0.5) is 28.8 Å². The Labute approximate surface area is 174 Å². The summed E-state index contributed by atoms with van der Waals surface area (Å²) in [5.74, 6) is 0.763. The summed E-state index contributed by atoms with van der Waals surface area (Å²) in [7, 11) is -0.910. The van der Waals surface area contributed by atoms with Crippen molar-refractivity contribution in [2.24, 2.45) is 0 Å². The lowest BCUT2D eigenvalue weighted by Crippen LogP contribution is -2.28. The number of aromatic nitrogens is 2. The third-order valence-corrected chi connectivity index (χ3v) is 4.61. The Kier molecular flexibility index (Phi) is 5.47. The third-order valence-electron chi connectivity index (χ3n) is 4.61. The summed E-state index contributed by atoms with van der Waals surface area (Å²) in [6.45, 7) is 5.76. The molecule has 1 amide bonds. The maximum absolute atomic E-state index is 11.5. The number of fused-ring (bicyclic) bond motifs is 1. The molecule has 0 radical (unpaired) electrons. The van der Waals surface area contributed by atoms with Crippen LogP contribution >= 0.6 is 0 Å². The molecule has 9 heteroatoms. The van der Waals surface area contributed by atoms with E-state index < -0.39 is 7.12 Å². The Morgan fingerprint density at radius 2 is 2.00 bits per heavy atom. The zero-order chi connectivity index (χ0) is 21.1. The van der Waals surface area contributed by atoms with Crippen molar-refractivity contribution in [1.82, 2.24) is 9.97 Å². The van der Waals surface area contributed by atoms with Crippen molar-refractivity contribution in [3.05, 3.63) is 72.4 Å². The fourth-order valence-electron chi connectivity index (χ4n) is 3.06. The van der Waals surface area contributed by atoms with Crippen LogP contribution in [0.2, 0.25) is 0 Å². The van der Waals surface area contributed by atoms with Gasteiger partial charge in [0, 0.05) is 28.8 Å². The van der Waals surface area contributed by atoms with Gasteiger partial charge in [-0.25, -0.2) is 4.98 Å². The highest BCUT2D eigenvalue weighted by atomic mass is 16.5. The number of hydrogen-bond acceptors (Lipinski definition) is 7. The maximum atomic E-state index is 11.5. The molecular formula is C21H20BN5O3. The van der Waals surface area contributed by atoms with Crippen molar-refractivity contribution in [2.45, 2.75) is 13.5 Å². The molecule has 8 nitrogen and oxygen atoms in total. The van der Waals surface area contributed by atoms with Gasteiger partial charge >= 0.3 is 7.12 Å². The Morgan fingerprint density at radius 3 is 2.83 bits per heavy atom. The summed E-state index contributed by atoms with van der Waals surface area (Å²) in [4.78, 5) is 20.4. The molecule has 0 unspecified atom stereocenters. The van der Waals surface area contributed by atoms with Crippen LogP contribution in [0.25, 0.3) is 0 Å². The maximum Gasteiger partial charge on any atom is 0.491 e. The van der Waals surface area contributed by atoms with E-state index >= 15 is 0 Å². The van der Waals surface area contributed by atoms with E-state index in [1.807, 2.05) is 37.3 Å². The van der Waals surface area contributed by atoms with Crippen LogP contribution in [0.15, 0.2) is 61.3 Å². The van der Waals surface area contributed by atoms with E-state index in [4.69, 9.17) is 4.65 Å². The molecule has 0 saturated heterocycles. The van der Waals surface area contributed by atoms with Crippen LogP contribution < -0.4 is 21.4 Å². The minimum atomic E-state index is -0.910. The molecule has 150 valence electrons. The van der Waals surface area contributed by atoms with E-state index in [-0.39, 0.29) is 5.91 Å². The quantitative estimate of drug-likeness (QED) is 0.372. The molecule has 2 aromatic carbocycles. The van der Waals surface area contributed by atoms with Crippen LogP contribution in [-0.4, -0.2) is 28.0 Å². The van der Waals surface area contributed by atoms with Crippen LogP contribution in [0.3, 0.4) is 0 Å². The smallest absolute Gasteiger partial charge is 0.423 e. The molecule has 1 aliphatic heterocycles. The van der Waals surface area contributed by atoms with Crippen LogP contribution in [0, 0.1) is 6.92 Å². The first kappa shape index (κ1) is 19.6. The molecule has 2 heterocycles. The van der Waals surface area contributed by atoms with Crippen molar-refractivity contribution in [3.8, 4) is 0 Å². The number of carbonyl (C=O) groups excluding carboxylic acids is 1. The summed E-state index contributed by atoms with van der Waals surface area (Å²) in [6.07, 6.45) is 2.93. The van der Waals surface area contributed by atoms with Crippen molar-refractivity contribution in [2.75, 3.05) is 16.0 Å². The van der Waals surface area contributed by atoms with Gasteiger partial charge < -0.3 is 25.6 Å². The van der Waals surface area contributed by atoms with Gasteiger partial charge in [-0.1, -0.05) is 18.7 Å². The molecule has 3 aromatic rings. The fraction of sp³-hybridized carbons (Fsp3) is 0.0952. The van der Waals surface area contributed by atoms with Crippen molar-refractivity contribution < 1.29 is 14.5 Å². The average Bonchev–Trinajstić information content (AvgIpc) is 3.11. The molecule has 30 heavy (non-hydrogen) atoms. The molecule has 0 bridgehead atoms. The van der Waals surface area contributed by atoms with E-state index in [1.54, 1.807) is 18.3 Å². The second-order valence-corrected chi connectivity index (χ2v) is 6.83. The van der Waals surface area contributed by atoms with Gasteiger partial charge in [0.2, 0.25) is 11.9 Å². The van der Waals surface area contributed by atoms with Gasteiger partial charge in [-0.2, -0.15) is 4.98 Å². The van der Waals surface area contributed by atoms with Crippen LogP contribution in [-0.2, 0) is 16.1 Å². The first-order valence-corrected chi connectivity index (χ1v) is 9.35. The summed E-state index contributed by atoms with van der Waals surface area (Å²) >= 11 is 0. The predicted molar refractivity (Wildman–Crippen MR) is 117 cm³/mol. The highest BCUT2D eigenvalue weighted by Gasteiger charge is 2.27. The van der Waals surface area contributed by atoms with E-state index in [2.05, 4.69) is 32.5 Å². The predicted octanol–water partition coefficient (Wildman–Crippen LogP) is 2.61. The second-order valence-electron chi connectivity index (χ2n) is 6.83. The molecule has 1 aromatic heterocycles. The molecule has 1 aliphatic rings. The lowest BCUT2D eigenvalue weighted by Gasteiger charge is -2.12. The zero-order valence-electron chi connectivity index (χ0n) is 16.3. The number of amides is 1. The highest BCUT2D eigenvalue weighted by molar-refractivity contribution is 6.61. The highest BCUT2D eigenvalue weighted by Crippen LogP contribution is 2.23. The Balaban J connectivity index is 1.53. The molecule has 4 N–H and O–H groups in total.